The summed E-state index contributed by atoms with van der Waals surface area (Å²) in [5.74, 6) is 6.03. The fraction of sp³-hybridized carbons (Fsp3) is 0.625. The molecular weight excluding hydrogens is 170 g/mol. The molecule has 0 unspecified atom stereocenters. The van der Waals surface area contributed by atoms with Crippen LogP contribution < -0.4 is 5.84 Å². The van der Waals surface area contributed by atoms with Crippen LogP contribution in [0.15, 0.2) is 5.38 Å². The summed E-state index contributed by atoms with van der Waals surface area (Å²) in [6.07, 6.45) is 0. The monoisotopic (exact) mass is 185 g/mol. The van der Waals surface area contributed by atoms with Crippen molar-refractivity contribution in [2.45, 2.75) is 26.3 Å². The van der Waals surface area contributed by atoms with E-state index >= 15 is 0 Å². The van der Waals surface area contributed by atoms with Gasteiger partial charge >= 0.3 is 0 Å². The van der Waals surface area contributed by atoms with Crippen molar-refractivity contribution in [1.29, 1.82) is 0 Å². The Labute approximate surface area is 77.2 Å². The lowest BCUT2D eigenvalue weighted by Gasteiger charge is -2.05. The number of nitrogens with zero attached hydrogens (tertiary/aromatic N) is 2. The predicted molar refractivity (Wildman–Crippen MR) is 51.9 cm³/mol. The lowest BCUT2D eigenvalue weighted by molar-refractivity contribution is 0.337. The number of aromatic nitrogens is 1. The van der Waals surface area contributed by atoms with E-state index in [1.165, 1.54) is 5.01 Å². The molecule has 4 heteroatoms. The fourth-order valence-corrected chi connectivity index (χ4v) is 1.74. The van der Waals surface area contributed by atoms with Gasteiger partial charge in [0.15, 0.2) is 0 Å². The maximum absolute atomic E-state index is 5.51. The van der Waals surface area contributed by atoms with E-state index in [0.717, 1.165) is 12.2 Å². The van der Waals surface area contributed by atoms with Gasteiger partial charge in [0.05, 0.1) is 17.2 Å². The average molecular weight is 185 g/mol. The normalized spacial score (nSPS) is 11.5. The third kappa shape index (κ3) is 2.55. The molecule has 68 valence electrons. The van der Waals surface area contributed by atoms with E-state index in [4.69, 9.17) is 5.84 Å². The number of hydrazine groups is 1. The lowest BCUT2D eigenvalue weighted by atomic mass is 10.2. The minimum absolute atomic E-state index is 0.520. The number of nitrogens with two attached hydrogens (primary N) is 1. The molecule has 0 aliphatic rings. The molecule has 0 spiro atoms. The summed E-state index contributed by atoms with van der Waals surface area (Å²) in [5, 5.41) is 4.89. The minimum atomic E-state index is 0.520. The van der Waals surface area contributed by atoms with Crippen molar-refractivity contribution in [2.75, 3.05) is 7.05 Å². The predicted octanol–water partition coefficient (Wildman–Crippen LogP) is 1.57. The Balaban J connectivity index is 2.64. The largest absolute Gasteiger partial charge is 0.269 e. The molecule has 1 rings (SSSR count). The highest BCUT2D eigenvalue weighted by atomic mass is 32.1. The molecular formula is C8H15N3S. The molecule has 0 aliphatic carbocycles. The summed E-state index contributed by atoms with van der Waals surface area (Å²) < 4.78 is 0. The van der Waals surface area contributed by atoms with Gasteiger partial charge in [-0.2, -0.15) is 0 Å². The number of hydrogen-bond acceptors (Lipinski definition) is 4. The molecule has 0 amide bonds. The summed E-state index contributed by atoms with van der Waals surface area (Å²) in [6, 6.07) is 0. The van der Waals surface area contributed by atoms with Crippen LogP contribution in [0.4, 0.5) is 0 Å². The number of thiazole rings is 1. The zero-order valence-electron chi connectivity index (χ0n) is 7.74. The van der Waals surface area contributed by atoms with Crippen molar-refractivity contribution in [2.24, 2.45) is 5.84 Å². The van der Waals surface area contributed by atoms with Crippen LogP contribution in [0.5, 0.6) is 0 Å². The molecule has 3 nitrogen and oxygen atoms in total. The molecule has 0 saturated heterocycles. The molecule has 0 bridgehead atoms. The summed E-state index contributed by atoms with van der Waals surface area (Å²) in [6.45, 7) is 5.02. The smallest absolute Gasteiger partial charge is 0.0954 e. The number of rotatable bonds is 3. The van der Waals surface area contributed by atoms with E-state index in [1.54, 1.807) is 16.3 Å². The first kappa shape index (κ1) is 9.64. The van der Waals surface area contributed by atoms with Crippen molar-refractivity contribution in [3.05, 3.63) is 16.1 Å². The van der Waals surface area contributed by atoms with Crippen LogP contribution in [-0.2, 0) is 6.54 Å². The van der Waals surface area contributed by atoms with Gasteiger partial charge in [-0.05, 0) is 0 Å². The van der Waals surface area contributed by atoms with E-state index in [9.17, 15) is 0 Å². The molecule has 2 N–H and O–H groups in total. The molecule has 1 aromatic heterocycles. The topological polar surface area (TPSA) is 42.2 Å². The SMILES string of the molecule is CC(C)c1nc(CN(C)N)cs1. The van der Waals surface area contributed by atoms with E-state index < -0.39 is 0 Å². The Morgan fingerprint density at radius 2 is 2.33 bits per heavy atom. The molecule has 0 aromatic carbocycles. The van der Waals surface area contributed by atoms with Crippen LogP contribution in [-0.4, -0.2) is 17.0 Å². The first-order valence-corrected chi connectivity index (χ1v) is 4.87. The van der Waals surface area contributed by atoms with E-state index in [0.29, 0.717) is 5.92 Å². The van der Waals surface area contributed by atoms with Gasteiger partial charge in [0.1, 0.15) is 0 Å². The van der Waals surface area contributed by atoms with Crippen LogP contribution in [0.1, 0.15) is 30.5 Å². The highest BCUT2D eigenvalue weighted by Crippen LogP contribution is 2.19. The van der Waals surface area contributed by atoms with Gasteiger partial charge in [-0.3, -0.25) is 5.84 Å². The summed E-state index contributed by atoms with van der Waals surface area (Å²) in [5.41, 5.74) is 1.06. The summed E-state index contributed by atoms with van der Waals surface area (Å²) >= 11 is 1.71. The third-order valence-corrected chi connectivity index (χ3v) is 2.67. The fourth-order valence-electron chi connectivity index (χ4n) is 0.916. The van der Waals surface area contributed by atoms with Gasteiger partial charge in [0.25, 0.3) is 0 Å². The average Bonchev–Trinajstić information content (AvgIpc) is 2.34. The van der Waals surface area contributed by atoms with Crippen LogP contribution in [0.2, 0.25) is 0 Å². The minimum Gasteiger partial charge on any atom is -0.269 e. The van der Waals surface area contributed by atoms with Gasteiger partial charge in [0.2, 0.25) is 0 Å². The van der Waals surface area contributed by atoms with E-state index in [1.807, 2.05) is 7.05 Å². The van der Waals surface area contributed by atoms with Crippen molar-refractivity contribution < 1.29 is 0 Å². The molecule has 0 fully saturated rings. The van der Waals surface area contributed by atoms with E-state index in [2.05, 4.69) is 24.2 Å². The van der Waals surface area contributed by atoms with Crippen molar-refractivity contribution in [1.82, 2.24) is 9.99 Å². The van der Waals surface area contributed by atoms with Gasteiger partial charge in [-0.1, -0.05) is 13.8 Å². The standard InChI is InChI=1S/C8H15N3S/c1-6(2)8-10-7(5-12-8)4-11(3)9/h5-6H,4,9H2,1-3H3. The van der Waals surface area contributed by atoms with E-state index in [-0.39, 0.29) is 0 Å². The first-order chi connectivity index (χ1) is 5.59. The lowest BCUT2D eigenvalue weighted by Crippen LogP contribution is -2.25. The first-order valence-electron chi connectivity index (χ1n) is 3.99. The van der Waals surface area contributed by atoms with Crippen molar-refractivity contribution in [3.63, 3.8) is 0 Å². The zero-order chi connectivity index (χ0) is 9.14. The molecule has 12 heavy (non-hydrogen) atoms. The maximum atomic E-state index is 5.51. The molecule has 0 radical (unpaired) electrons. The Kier molecular flexibility index (Phi) is 3.20. The van der Waals surface area contributed by atoms with Gasteiger partial charge in [-0.15, -0.1) is 11.3 Å². The third-order valence-electron chi connectivity index (χ3n) is 1.47. The molecule has 0 saturated carbocycles. The van der Waals surface area contributed by atoms with Crippen LogP contribution in [0.3, 0.4) is 0 Å². The molecule has 0 atom stereocenters. The zero-order valence-corrected chi connectivity index (χ0v) is 8.56. The van der Waals surface area contributed by atoms with Crippen molar-refractivity contribution >= 4 is 11.3 Å². The summed E-state index contributed by atoms with van der Waals surface area (Å²) in [7, 11) is 1.84. The second-order valence-electron chi connectivity index (χ2n) is 3.25. The quantitative estimate of drug-likeness (QED) is 0.574. The molecule has 0 aliphatic heterocycles. The van der Waals surface area contributed by atoms with Crippen LogP contribution in [0, 0.1) is 0 Å². The Morgan fingerprint density at radius 3 is 2.75 bits per heavy atom. The highest BCUT2D eigenvalue weighted by molar-refractivity contribution is 7.09. The second-order valence-corrected chi connectivity index (χ2v) is 4.14. The molecule has 1 aromatic rings. The van der Waals surface area contributed by atoms with Crippen LogP contribution >= 0.6 is 11.3 Å². The number of hydrogen-bond donors (Lipinski definition) is 1. The Morgan fingerprint density at radius 1 is 1.67 bits per heavy atom. The van der Waals surface area contributed by atoms with Crippen molar-refractivity contribution in [3.8, 4) is 0 Å². The highest BCUT2D eigenvalue weighted by Gasteiger charge is 2.05. The van der Waals surface area contributed by atoms with Crippen LogP contribution in [0.25, 0.3) is 0 Å². The Hall–Kier alpha value is -0.450. The van der Waals surface area contributed by atoms with Gasteiger partial charge in [-0.25, -0.2) is 9.99 Å². The van der Waals surface area contributed by atoms with Gasteiger partial charge < -0.3 is 0 Å². The van der Waals surface area contributed by atoms with Gasteiger partial charge in [0, 0.05) is 18.3 Å². The molecule has 1 heterocycles. The maximum Gasteiger partial charge on any atom is 0.0954 e. The Bertz CT molecular complexity index is 242. The second kappa shape index (κ2) is 3.98. The summed E-state index contributed by atoms with van der Waals surface area (Å²) in [4.78, 5) is 4.45.